The van der Waals surface area contributed by atoms with Gasteiger partial charge in [-0.25, -0.2) is 18.7 Å². The summed E-state index contributed by atoms with van der Waals surface area (Å²) >= 11 is 0. The Labute approximate surface area is 225 Å². The summed E-state index contributed by atoms with van der Waals surface area (Å²) in [6.45, 7) is 6.59. The van der Waals surface area contributed by atoms with E-state index in [-0.39, 0.29) is 31.1 Å². The van der Waals surface area contributed by atoms with E-state index < -0.39 is 29.9 Å². The van der Waals surface area contributed by atoms with Crippen LogP contribution in [0.15, 0.2) is 30.7 Å². The van der Waals surface area contributed by atoms with Gasteiger partial charge in [0.15, 0.2) is 5.67 Å². The molecule has 0 aromatic carbocycles. The molecule has 0 radical (unpaired) electrons. The minimum absolute atomic E-state index is 0.0122. The number of fused-ring (bicyclic) bond motifs is 1. The highest BCUT2D eigenvalue weighted by Crippen LogP contribution is 2.30. The molecule has 3 N–H and O–H groups in total. The van der Waals surface area contributed by atoms with E-state index in [1.807, 2.05) is 31.9 Å². The normalized spacial score (nSPS) is 25.8. The maximum atomic E-state index is 14.7. The number of amides is 1. The van der Waals surface area contributed by atoms with Crippen molar-refractivity contribution in [2.24, 2.45) is 0 Å². The van der Waals surface area contributed by atoms with Crippen molar-refractivity contribution in [2.45, 2.75) is 57.1 Å². The fraction of sp³-hybridized carbons (Fsp3) is 0.519. The summed E-state index contributed by atoms with van der Waals surface area (Å²) in [6, 6.07) is 2.93. The molecule has 2 saturated heterocycles. The number of nitrogens with zero attached hydrogens (tertiary/aromatic N) is 6. The number of rotatable bonds is 6. The van der Waals surface area contributed by atoms with E-state index in [4.69, 9.17) is 0 Å². The Morgan fingerprint density at radius 1 is 1.18 bits per heavy atom. The van der Waals surface area contributed by atoms with Crippen LogP contribution in [0.3, 0.4) is 0 Å². The average molecular weight is 541 g/mol. The van der Waals surface area contributed by atoms with Gasteiger partial charge in [-0.05, 0) is 49.4 Å². The highest BCUT2D eigenvalue weighted by molar-refractivity contribution is 6.06. The smallest absolute Gasteiger partial charge is 0.270 e. The average Bonchev–Trinajstić information content (AvgIpc) is 3.20. The first-order chi connectivity index (χ1) is 18.5. The Balaban J connectivity index is 1.41. The van der Waals surface area contributed by atoms with Crippen molar-refractivity contribution in [3.63, 3.8) is 0 Å². The number of likely N-dealkylation sites (N-methyl/N-ethyl adjacent to an activating group) is 1. The van der Waals surface area contributed by atoms with Gasteiger partial charge in [-0.3, -0.25) is 9.78 Å². The lowest BCUT2D eigenvalue weighted by molar-refractivity contribution is -0.00860. The predicted octanol–water partition coefficient (Wildman–Crippen LogP) is 2.97. The molecule has 1 amide bonds. The third-order valence-corrected chi connectivity index (χ3v) is 7.44. The van der Waals surface area contributed by atoms with E-state index in [0.29, 0.717) is 36.1 Å². The second-order valence-electron chi connectivity index (χ2n) is 11.0. The molecule has 0 aliphatic carbocycles. The van der Waals surface area contributed by atoms with Crippen LogP contribution in [0.1, 0.15) is 49.2 Å². The van der Waals surface area contributed by atoms with E-state index in [2.05, 4.69) is 30.6 Å². The second-order valence-corrected chi connectivity index (χ2v) is 11.0. The van der Waals surface area contributed by atoms with Crippen molar-refractivity contribution in [3.05, 3.63) is 42.0 Å². The van der Waals surface area contributed by atoms with Crippen LogP contribution in [0.25, 0.3) is 10.8 Å². The number of likely N-dealkylation sites (tertiary alicyclic amines) is 1. The van der Waals surface area contributed by atoms with Crippen LogP contribution in [0, 0.1) is 0 Å². The zero-order chi connectivity index (χ0) is 27.9. The summed E-state index contributed by atoms with van der Waals surface area (Å²) < 4.78 is 29.0. The Morgan fingerprint density at radius 3 is 2.67 bits per heavy atom. The number of halogens is 2. The number of aliphatic hydroxyl groups is 1. The quantitative estimate of drug-likeness (QED) is 0.434. The molecule has 10 nitrogen and oxygen atoms in total. The largest absolute Gasteiger partial charge is 0.390 e. The number of alkyl halides is 2. The van der Waals surface area contributed by atoms with Crippen LogP contribution in [-0.2, 0) is 0 Å². The molecular formula is C27H34F2N8O2. The van der Waals surface area contributed by atoms with Gasteiger partial charge < -0.3 is 25.5 Å². The topological polar surface area (TPSA) is 119 Å². The van der Waals surface area contributed by atoms with Crippen molar-refractivity contribution in [1.82, 2.24) is 30.2 Å². The zero-order valence-corrected chi connectivity index (χ0v) is 22.5. The summed E-state index contributed by atoms with van der Waals surface area (Å²) in [5.74, 6) is 1.01. The first kappa shape index (κ1) is 27.1. The number of hydrogen-bond donors (Lipinski definition) is 3. The molecule has 5 heterocycles. The van der Waals surface area contributed by atoms with Crippen LogP contribution in [0.2, 0.25) is 0 Å². The molecule has 0 saturated carbocycles. The molecule has 2 fully saturated rings. The molecule has 0 bridgehead atoms. The fourth-order valence-electron chi connectivity index (χ4n) is 5.20. The van der Waals surface area contributed by atoms with Crippen LogP contribution in [-0.4, -0.2) is 93.1 Å². The standard InChI is InChI=1S/C27H34F2N8O2/c1-15(2)17-10-32-24(25(39)33-20-13-36(4)12-19(20)28)18-11-31-23(9-16(17)18)34-22-5-7-30-26(35-22)37-8-6-21(38)27(3,29)14-37/h5,7,9-11,15,19-21,38H,6,8,12-14H2,1-4H3,(H,33,39)(H,30,31,34,35)/t19-,20-,21+,27-/m0/s1. The highest BCUT2D eigenvalue weighted by Gasteiger charge is 2.40. The lowest BCUT2D eigenvalue weighted by atomic mass is 9.94. The number of pyridine rings is 2. The van der Waals surface area contributed by atoms with E-state index in [9.17, 15) is 18.7 Å². The number of aromatic nitrogens is 4. The van der Waals surface area contributed by atoms with Crippen LogP contribution in [0.5, 0.6) is 0 Å². The van der Waals surface area contributed by atoms with Gasteiger partial charge in [0.2, 0.25) is 5.95 Å². The molecule has 2 aliphatic heterocycles. The van der Waals surface area contributed by atoms with Gasteiger partial charge in [-0.2, -0.15) is 4.98 Å². The van der Waals surface area contributed by atoms with Gasteiger partial charge in [0, 0.05) is 43.6 Å². The zero-order valence-electron chi connectivity index (χ0n) is 22.5. The molecule has 5 rings (SSSR count). The summed E-state index contributed by atoms with van der Waals surface area (Å²) in [4.78, 5) is 34.4. The molecule has 0 unspecified atom stereocenters. The van der Waals surface area contributed by atoms with Gasteiger partial charge in [-0.15, -0.1) is 0 Å². The van der Waals surface area contributed by atoms with Crippen molar-refractivity contribution >= 4 is 34.3 Å². The number of carbonyl (C=O) groups excluding carboxylic acids is 1. The minimum Gasteiger partial charge on any atom is -0.390 e. The summed E-state index contributed by atoms with van der Waals surface area (Å²) in [5, 5.41) is 17.3. The molecule has 4 atom stereocenters. The van der Waals surface area contributed by atoms with Gasteiger partial charge in [0.05, 0.1) is 18.7 Å². The van der Waals surface area contributed by atoms with Crippen LogP contribution >= 0.6 is 0 Å². The molecule has 2 aliphatic rings. The highest BCUT2D eigenvalue weighted by atomic mass is 19.1. The second kappa shape index (κ2) is 10.6. The van der Waals surface area contributed by atoms with E-state index in [0.717, 1.165) is 10.9 Å². The number of aliphatic hydroxyl groups excluding tert-OH is 1. The predicted molar refractivity (Wildman–Crippen MR) is 145 cm³/mol. The van der Waals surface area contributed by atoms with Gasteiger partial charge in [0.25, 0.3) is 5.91 Å². The third-order valence-electron chi connectivity index (χ3n) is 7.44. The Kier molecular flexibility index (Phi) is 7.34. The van der Waals surface area contributed by atoms with Crippen LogP contribution < -0.4 is 15.5 Å². The molecule has 3 aromatic heterocycles. The molecule has 12 heteroatoms. The number of anilines is 3. The lowest BCUT2D eigenvalue weighted by Crippen LogP contribution is -2.52. The maximum absolute atomic E-state index is 14.7. The molecule has 208 valence electrons. The van der Waals surface area contributed by atoms with E-state index in [1.165, 1.54) is 6.92 Å². The number of nitrogens with one attached hydrogen (secondary N) is 2. The SMILES string of the molecule is CC(C)c1cnc(C(=O)N[C@H]2CN(C)C[C@@H]2F)c2cnc(Nc3ccnc(N4CC[C@@H](O)[C@@](C)(F)C4)n3)cc12. The van der Waals surface area contributed by atoms with Gasteiger partial charge >= 0.3 is 0 Å². The minimum atomic E-state index is -1.75. The molecule has 39 heavy (non-hydrogen) atoms. The fourth-order valence-corrected chi connectivity index (χ4v) is 5.20. The first-order valence-electron chi connectivity index (χ1n) is 13.2. The van der Waals surface area contributed by atoms with Crippen molar-refractivity contribution in [3.8, 4) is 0 Å². The number of carbonyl (C=O) groups is 1. The Morgan fingerprint density at radius 2 is 1.97 bits per heavy atom. The Bertz CT molecular complexity index is 1370. The summed E-state index contributed by atoms with van der Waals surface area (Å²) in [6.07, 6.45) is 2.97. The molecule has 3 aromatic rings. The number of hydrogen-bond acceptors (Lipinski definition) is 9. The van der Waals surface area contributed by atoms with Gasteiger partial charge in [-0.1, -0.05) is 13.8 Å². The number of piperidine rings is 1. The maximum Gasteiger partial charge on any atom is 0.270 e. The lowest BCUT2D eigenvalue weighted by Gasteiger charge is -2.38. The molecular weight excluding hydrogens is 506 g/mol. The monoisotopic (exact) mass is 540 g/mol. The molecule has 0 spiro atoms. The van der Waals surface area contributed by atoms with E-state index >= 15 is 0 Å². The van der Waals surface area contributed by atoms with Crippen molar-refractivity contribution in [2.75, 3.05) is 43.4 Å². The van der Waals surface area contributed by atoms with Crippen molar-refractivity contribution in [1.29, 1.82) is 0 Å². The summed E-state index contributed by atoms with van der Waals surface area (Å²) in [7, 11) is 1.82. The van der Waals surface area contributed by atoms with Crippen LogP contribution in [0.4, 0.5) is 26.4 Å². The van der Waals surface area contributed by atoms with Gasteiger partial charge in [0.1, 0.15) is 23.5 Å². The first-order valence-corrected chi connectivity index (χ1v) is 13.2. The van der Waals surface area contributed by atoms with E-state index in [1.54, 1.807) is 29.6 Å². The third kappa shape index (κ3) is 5.62. The Hall–Kier alpha value is -3.51. The van der Waals surface area contributed by atoms with Crippen molar-refractivity contribution < 1.29 is 18.7 Å². The summed E-state index contributed by atoms with van der Waals surface area (Å²) in [5.41, 5.74) is -0.621.